The topological polar surface area (TPSA) is 72.5 Å². The van der Waals surface area contributed by atoms with E-state index in [2.05, 4.69) is 11.9 Å². The standard InChI is InChI=1S/C13H16ClNO4S/c1-4-7-20(17,18)9(2)13(16)15-11-8-10(14)5-6-12(11)19-3/h4-6,8-9H,1,7H2,2-3H3,(H,15,16). The van der Waals surface area contributed by atoms with Crippen molar-refractivity contribution in [2.24, 2.45) is 0 Å². The first kappa shape index (κ1) is 16.5. The molecule has 1 unspecified atom stereocenters. The van der Waals surface area contributed by atoms with Crippen molar-refractivity contribution in [3.63, 3.8) is 0 Å². The summed E-state index contributed by atoms with van der Waals surface area (Å²) >= 11 is 5.84. The Balaban J connectivity index is 2.96. The van der Waals surface area contributed by atoms with E-state index in [0.29, 0.717) is 16.5 Å². The van der Waals surface area contributed by atoms with Gasteiger partial charge < -0.3 is 10.1 Å². The van der Waals surface area contributed by atoms with Gasteiger partial charge in [0, 0.05) is 5.02 Å². The summed E-state index contributed by atoms with van der Waals surface area (Å²) in [4.78, 5) is 12.0. The first-order valence-electron chi connectivity index (χ1n) is 5.78. The molecule has 20 heavy (non-hydrogen) atoms. The van der Waals surface area contributed by atoms with E-state index in [0.717, 1.165) is 0 Å². The number of methoxy groups -OCH3 is 1. The van der Waals surface area contributed by atoms with Crippen LogP contribution >= 0.6 is 11.6 Å². The third-order valence-electron chi connectivity index (χ3n) is 2.68. The molecule has 1 rings (SSSR count). The van der Waals surface area contributed by atoms with E-state index in [9.17, 15) is 13.2 Å². The summed E-state index contributed by atoms with van der Waals surface area (Å²) in [5, 5.41) is 1.72. The van der Waals surface area contributed by atoms with Crippen molar-refractivity contribution < 1.29 is 17.9 Å². The van der Waals surface area contributed by atoms with E-state index in [1.54, 1.807) is 12.1 Å². The summed E-state index contributed by atoms with van der Waals surface area (Å²) in [5.74, 6) is -0.502. The summed E-state index contributed by atoms with van der Waals surface area (Å²) in [6.07, 6.45) is 1.25. The van der Waals surface area contributed by atoms with Crippen molar-refractivity contribution >= 4 is 33.0 Å². The number of carbonyl (C=O) groups excluding carboxylic acids is 1. The maximum atomic E-state index is 12.0. The van der Waals surface area contributed by atoms with Gasteiger partial charge in [0.05, 0.1) is 18.6 Å². The molecule has 0 aliphatic rings. The van der Waals surface area contributed by atoms with Gasteiger partial charge in [0.25, 0.3) is 0 Å². The summed E-state index contributed by atoms with van der Waals surface area (Å²) < 4.78 is 28.7. The molecule has 1 aromatic carbocycles. The summed E-state index contributed by atoms with van der Waals surface area (Å²) in [6, 6.07) is 4.68. The molecule has 1 atom stereocenters. The van der Waals surface area contributed by atoms with Crippen LogP contribution in [0.4, 0.5) is 5.69 Å². The van der Waals surface area contributed by atoms with Crippen molar-refractivity contribution in [2.45, 2.75) is 12.2 Å². The molecule has 0 aliphatic heterocycles. The molecule has 0 saturated carbocycles. The van der Waals surface area contributed by atoms with Crippen LogP contribution in [0.25, 0.3) is 0 Å². The lowest BCUT2D eigenvalue weighted by Crippen LogP contribution is -2.33. The average Bonchev–Trinajstić information content (AvgIpc) is 2.38. The van der Waals surface area contributed by atoms with Crippen molar-refractivity contribution in [3.8, 4) is 5.75 Å². The highest BCUT2D eigenvalue weighted by Gasteiger charge is 2.27. The summed E-state index contributed by atoms with van der Waals surface area (Å²) in [5.41, 5.74) is 0.325. The molecule has 7 heteroatoms. The Labute approximate surface area is 123 Å². The molecule has 0 aromatic heterocycles. The van der Waals surface area contributed by atoms with Gasteiger partial charge in [-0.1, -0.05) is 17.7 Å². The summed E-state index contributed by atoms with van der Waals surface area (Å²) in [6.45, 7) is 4.69. The first-order valence-corrected chi connectivity index (χ1v) is 7.88. The fourth-order valence-electron chi connectivity index (χ4n) is 1.48. The zero-order valence-corrected chi connectivity index (χ0v) is 12.8. The lowest BCUT2D eigenvalue weighted by molar-refractivity contribution is -0.115. The molecule has 0 saturated heterocycles. The average molecular weight is 318 g/mol. The van der Waals surface area contributed by atoms with Gasteiger partial charge in [-0.25, -0.2) is 8.42 Å². The predicted octanol–water partition coefficient (Wildman–Crippen LogP) is 2.28. The highest BCUT2D eigenvalue weighted by atomic mass is 35.5. The molecular weight excluding hydrogens is 302 g/mol. The molecule has 0 bridgehead atoms. The Morgan fingerprint density at radius 1 is 1.55 bits per heavy atom. The van der Waals surface area contributed by atoms with Crippen LogP contribution in [0.3, 0.4) is 0 Å². The Bertz CT molecular complexity index is 613. The molecule has 1 N–H and O–H groups in total. The van der Waals surface area contributed by atoms with Gasteiger partial charge in [-0.2, -0.15) is 0 Å². The Morgan fingerprint density at radius 2 is 2.20 bits per heavy atom. The number of anilines is 1. The summed E-state index contributed by atoms with van der Waals surface area (Å²) in [7, 11) is -2.12. The number of hydrogen-bond acceptors (Lipinski definition) is 4. The van der Waals surface area contributed by atoms with Crippen LogP contribution in [-0.2, 0) is 14.6 Å². The van der Waals surface area contributed by atoms with Crippen molar-refractivity contribution in [1.29, 1.82) is 0 Å². The second-order valence-corrected chi connectivity index (χ2v) is 6.90. The zero-order chi connectivity index (χ0) is 15.3. The molecule has 1 aromatic rings. The van der Waals surface area contributed by atoms with Crippen LogP contribution in [0.5, 0.6) is 5.75 Å². The smallest absolute Gasteiger partial charge is 0.242 e. The fourth-order valence-corrected chi connectivity index (χ4v) is 2.66. The SMILES string of the molecule is C=CCS(=O)(=O)C(C)C(=O)Nc1cc(Cl)ccc1OC. The highest BCUT2D eigenvalue weighted by Crippen LogP contribution is 2.28. The van der Waals surface area contributed by atoms with Gasteiger partial charge in [-0.3, -0.25) is 4.79 Å². The number of amides is 1. The molecule has 0 fully saturated rings. The van der Waals surface area contributed by atoms with Gasteiger partial charge in [0.15, 0.2) is 9.84 Å². The highest BCUT2D eigenvalue weighted by molar-refractivity contribution is 7.92. The van der Waals surface area contributed by atoms with Gasteiger partial charge in [-0.15, -0.1) is 6.58 Å². The molecule has 5 nitrogen and oxygen atoms in total. The number of sulfone groups is 1. The van der Waals surface area contributed by atoms with Crippen molar-refractivity contribution in [2.75, 3.05) is 18.2 Å². The number of rotatable bonds is 6. The minimum atomic E-state index is -3.56. The third-order valence-corrected chi connectivity index (χ3v) is 4.90. The van der Waals surface area contributed by atoms with Crippen LogP contribution in [0.2, 0.25) is 5.02 Å². The molecule has 0 aliphatic carbocycles. The fraction of sp³-hybridized carbons (Fsp3) is 0.308. The minimum Gasteiger partial charge on any atom is -0.495 e. The van der Waals surface area contributed by atoms with Crippen LogP contribution in [-0.4, -0.2) is 32.4 Å². The number of benzene rings is 1. The lowest BCUT2D eigenvalue weighted by atomic mass is 10.3. The third kappa shape index (κ3) is 3.98. The molecule has 0 spiro atoms. The van der Waals surface area contributed by atoms with E-state index >= 15 is 0 Å². The van der Waals surface area contributed by atoms with Gasteiger partial charge >= 0.3 is 0 Å². The van der Waals surface area contributed by atoms with E-state index in [1.165, 1.54) is 26.2 Å². The van der Waals surface area contributed by atoms with Crippen molar-refractivity contribution in [3.05, 3.63) is 35.9 Å². The maximum absolute atomic E-state index is 12.0. The minimum absolute atomic E-state index is 0.256. The number of hydrogen-bond donors (Lipinski definition) is 1. The molecular formula is C13H16ClNO4S. The van der Waals surface area contributed by atoms with Crippen LogP contribution in [0.1, 0.15) is 6.92 Å². The van der Waals surface area contributed by atoms with Gasteiger partial charge in [0.1, 0.15) is 11.0 Å². The van der Waals surface area contributed by atoms with E-state index in [1.807, 2.05) is 0 Å². The van der Waals surface area contributed by atoms with E-state index in [-0.39, 0.29) is 5.75 Å². The zero-order valence-electron chi connectivity index (χ0n) is 11.2. The largest absolute Gasteiger partial charge is 0.495 e. The quantitative estimate of drug-likeness (QED) is 0.817. The maximum Gasteiger partial charge on any atom is 0.242 e. The van der Waals surface area contributed by atoms with E-state index in [4.69, 9.17) is 16.3 Å². The van der Waals surface area contributed by atoms with Crippen LogP contribution < -0.4 is 10.1 Å². The first-order chi connectivity index (χ1) is 9.31. The Hall–Kier alpha value is -1.53. The number of nitrogens with one attached hydrogen (secondary N) is 1. The van der Waals surface area contributed by atoms with Crippen LogP contribution in [0, 0.1) is 0 Å². The number of carbonyl (C=O) groups is 1. The van der Waals surface area contributed by atoms with Gasteiger partial charge in [-0.05, 0) is 25.1 Å². The normalized spacial score (nSPS) is 12.6. The van der Waals surface area contributed by atoms with Gasteiger partial charge in [0.2, 0.25) is 5.91 Å². The number of ether oxygens (including phenoxy) is 1. The second kappa shape index (κ2) is 6.76. The second-order valence-electron chi connectivity index (χ2n) is 4.09. The van der Waals surface area contributed by atoms with Crippen LogP contribution in [0.15, 0.2) is 30.9 Å². The lowest BCUT2D eigenvalue weighted by Gasteiger charge is -2.14. The Morgan fingerprint density at radius 3 is 2.75 bits per heavy atom. The number of halogens is 1. The monoisotopic (exact) mass is 317 g/mol. The van der Waals surface area contributed by atoms with Crippen molar-refractivity contribution in [1.82, 2.24) is 0 Å². The molecule has 0 heterocycles. The predicted molar refractivity (Wildman–Crippen MR) is 80.1 cm³/mol. The Kier molecular flexibility index (Phi) is 5.59. The molecule has 1 amide bonds. The molecule has 110 valence electrons. The van der Waals surface area contributed by atoms with E-state index < -0.39 is 21.0 Å². The molecule has 0 radical (unpaired) electrons.